The summed E-state index contributed by atoms with van der Waals surface area (Å²) in [4.78, 5) is 0. The SMILES string of the molecule is OC(Cc1ccc(F)cc1)Cc1ccco1. The third kappa shape index (κ3) is 2.94. The fourth-order valence-electron chi connectivity index (χ4n) is 1.63. The summed E-state index contributed by atoms with van der Waals surface area (Å²) in [6.45, 7) is 0. The van der Waals surface area contributed by atoms with Crippen molar-refractivity contribution in [2.45, 2.75) is 18.9 Å². The lowest BCUT2D eigenvalue weighted by molar-refractivity contribution is 0.168. The van der Waals surface area contributed by atoms with Gasteiger partial charge in [0.1, 0.15) is 11.6 Å². The Bertz CT molecular complexity index is 420. The summed E-state index contributed by atoms with van der Waals surface area (Å²) in [5, 5.41) is 9.79. The van der Waals surface area contributed by atoms with Gasteiger partial charge in [-0.3, -0.25) is 0 Å². The summed E-state index contributed by atoms with van der Waals surface area (Å²) in [5.74, 6) is 0.499. The zero-order valence-corrected chi connectivity index (χ0v) is 8.77. The van der Waals surface area contributed by atoms with Crippen LogP contribution >= 0.6 is 0 Å². The molecule has 3 heteroatoms. The van der Waals surface area contributed by atoms with Crippen LogP contribution < -0.4 is 0 Å². The zero-order chi connectivity index (χ0) is 11.4. The van der Waals surface area contributed by atoms with Crippen LogP contribution in [0.1, 0.15) is 11.3 Å². The minimum atomic E-state index is -0.503. The van der Waals surface area contributed by atoms with Gasteiger partial charge in [0, 0.05) is 6.42 Å². The second-order valence-electron chi connectivity index (χ2n) is 3.77. The number of benzene rings is 1. The van der Waals surface area contributed by atoms with Gasteiger partial charge in [0.25, 0.3) is 0 Å². The Morgan fingerprint density at radius 2 is 1.88 bits per heavy atom. The van der Waals surface area contributed by atoms with Gasteiger partial charge in [-0.15, -0.1) is 0 Å². The number of aliphatic hydroxyl groups is 1. The van der Waals surface area contributed by atoms with E-state index in [0.717, 1.165) is 11.3 Å². The van der Waals surface area contributed by atoms with Crippen LogP contribution in [0, 0.1) is 5.82 Å². The molecule has 1 aromatic heterocycles. The normalized spacial score (nSPS) is 12.6. The molecule has 1 atom stereocenters. The quantitative estimate of drug-likeness (QED) is 0.859. The number of rotatable bonds is 4. The van der Waals surface area contributed by atoms with Crippen LogP contribution in [0.2, 0.25) is 0 Å². The highest BCUT2D eigenvalue weighted by Crippen LogP contribution is 2.10. The highest BCUT2D eigenvalue weighted by atomic mass is 19.1. The van der Waals surface area contributed by atoms with E-state index in [2.05, 4.69) is 0 Å². The molecule has 2 nitrogen and oxygen atoms in total. The first kappa shape index (κ1) is 10.9. The van der Waals surface area contributed by atoms with Crippen molar-refractivity contribution in [3.05, 3.63) is 59.8 Å². The minimum Gasteiger partial charge on any atom is -0.469 e. The van der Waals surface area contributed by atoms with Crippen LogP contribution in [0.4, 0.5) is 4.39 Å². The maximum absolute atomic E-state index is 12.7. The van der Waals surface area contributed by atoms with Gasteiger partial charge >= 0.3 is 0 Å². The molecule has 0 amide bonds. The summed E-state index contributed by atoms with van der Waals surface area (Å²) in [6, 6.07) is 9.78. The predicted octanol–water partition coefficient (Wildman–Crippen LogP) is 2.56. The Morgan fingerprint density at radius 3 is 2.50 bits per heavy atom. The molecule has 0 aliphatic rings. The summed E-state index contributed by atoms with van der Waals surface area (Å²) in [5.41, 5.74) is 0.917. The van der Waals surface area contributed by atoms with E-state index in [1.54, 1.807) is 24.5 Å². The van der Waals surface area contributed by atoms with E-state index in [9.17, 15) is 9.50 Å². The maximum Gasteiger partial charge on any atom is 0.123 e. The number of halogens is 1. The van der Waals surface area contributed by atoms with Crippen molar-refractivity contribution in [1.82, 2.24) is 0 Å². The number of aliphatic hydroxyl groups excluding tert-OH is 1. The van der Waals surface area contributed by atoms with Crippen LogP contribution in [0.15, 0.2) is 47.1 Å². The number of hydrogen-bond acceptors (Lipinski definition) is 2. The highest BCUT2D eigenvalue weighted by Gasteiger charge is 2.08. The molecule has 0 saturated carbocycles. The maximum atomic E-state index is 12.7. The third-order valence-corrected chi connectivity index (χ3v) is 2.40. The minimum absolute atomic E-state index is 0.260. The summed E-state index contributed by atoms with van der Waals surface area (Å²) in [7, 11) is 0. The smallest absolute Gasteiger partial charge is 0.123 e. The summed E-state index contributed by atoms with van der Waals surface area (Å²) in [6.07, 6.45) is 2.06. The van der Waals surface area contributed by atoms with Gasteiger partial charge in [-0.1, -0.05) is 12.1 Å². The fourth-order valence-corrected chi connectivity index (χ4v) is 1.63. The summed E-state index contributed by atoms with van der Waals surface area (Å²) >= 11 is 0. The molecule has 1 aromatic carbocycles. The van der Waals surface area contributed by atoms with Gasteiger partial charge in [-0.25, -0.2) is 4.39 Å². The van der Waals surface area contributed by atoms with Crippen LogP contribution in [0.5, 0.6) is 0 Å². The second-order valence-corrected chi connectivity index (χ2v) is 3.77. The number of furan rings is 1. The van der Waals surface area contributed by atoms with Gasteiger partial charge in [0.15, 0.2) is 0 Å². The van der Waals surface area contributed by atoms with Crippen molar-refractivity contribution in [3.63, 3.8) is 0 Å². The fraction of sp³-hybridized carbons (Fsp3) is 0.231. The van der Waals surface area contributed by atoms with Crippen LogP contribution in [-0.4, -0.2) is 11.2 Å². The molecule has 1 heterocycles. The Balaban J connectivity index is 1.92. The first-order chi connectivity index (χ1) is 7.74. The largest absolute Gasteiger partial charge is 0.469 e. The molecule has 2 rings (SSSR count). The van der Waals surface area contributed by atoms with E-state index >= 15 is 0 Å². The molecule has 0 saturated heterocycles. The lowest BCUT2D eigenvalue weighted by Crippen LogP contribution is -2.13. The van der Waals surface area contributed by atoms with Crippen molar-refractivity contribution < 1.29 is 13.9 Å². The molecular weight excluding hydrogens is 207 g/mol. The van der Waals surface area contributed by atoms with Crippen molar-refractivity contribution in [2.75, 3.05) is 0 Å². The topological polar surface area (TPSA) is 33.4 Å². The second kappa shape index (κ2) is 4.94. The van der Waals surface area contributed by atoms with Gasteiger partial charge < -0.3 is 9.52 Å². The van der Waals surface area contributed by atoms with Crippen molar-refractivity contribution in [2.24, 2.45) is 0 Å². The number of hydrogen-bond donors (Lipinski definition) is 1. The highest BCUT2D eigenvalue weighted by molar-refractivity contribution is 5.17. The van der Waals surface area contributed by atoms with E-state index in [1.165, 1.54) is 12.1 Å². The van der Waals surface area contributed by atoms with E-state index in [4.69, 9.17) is 4.42 Å². The summed E-state index contributed by atoms with van der Waals surface area (Å²) < 4.78 is 17.8. The van der Waals surface area contributed by atoms with E-state index in [-0.39, 0.29) is 5.82 Å². The van der Waals surface area contributed by atoms with Crippen LogP contribution in [0.3, 0.4) is 0 Å². The monoisotopic (exact) mass is 220 g/mol. The molecule has 16 heavy (non-hydrogen) atoms. The molecule has 0 aliphatic heterocycles. The average molecular weight is 220 g/mol. The van der Waals surface area contributed by atoms with Crippen molar-refractivity contribution >= 4 is 0 Å². The van der Waals surface area contributed by atoms with E-state index < -0.39 is 6.10 Å². The molecule has 1 unspecified atom stereocenters. The van der Waals surface area contributed by atoms with Crippen LogP contribution in [-0.2, 0) is 12.8 Å². The van der Waals surface area contributed by atoms with Gasteiger partial charge in [-0.2, -0.15) is 0 Å². The zero-order valence-electron chi connectivity index (χ0n) is 8.77. The Morgan fingerprint density at radius 1 is 1.12 bits per heavy atom. The molecule has 0 spiro atoms. The van der Waals surface area contributed by atoms with E-state index in [1.807, 2.05) is 6.07 Å². The Kier molecular flexibility index (Phi) is 3.37. The molecule has 0 fully saturated rings. The van der Waals surface area contributed by atoms with Gasteiger partial charge in [-0.05, 0) is 36.2 Å². The van der Waals surface area contributed by atoms with Gasteiger partial charge in [0.05, 0.1) is 12.4 Å². The lowest BCUT2D eigenvalue weighted by Gasteiger charge is -2.08. The average Bonchev–Trinajstić information content (AvgIpc) is 2.74. The van der Waals surface area contributed by atoms with Crippen molar-refractivity contribution in [3.8, 4) is 0 Å². The first-order valence-corrected chi connectivity index (χ1v) is 5.19. The first-order valence-electron chi connectivity index (χ1n) is 5.19. The molecular formula is C13H13FO2. The third-order valence-electron chi connectivity index (χ3n) is 2.40. The Labute approximate surface area is 93.3 Å². The van der Waals surface area contributed by atoms with E-state index in [0.29, 0.717) is 12.8 Å². The molecule has 0 radical (unpaired) electrons. The standard InChI is InChI=1S/C13H13FO2/c14-11-5-3-10(4-6-11)8-12(15)9-13-2-1-7-16-13/h1-7,12,15H,8-9H2. The molecule has 84 valence electrons. The predicted molar refractivity (Wildman–Crippen MR) is 58.5 cm³/mol. The van der Waals surface area contributed by atoms with Crippen LogP contribution in [0.25, 0.3) is 0 Å². The lowest BCUT2D eigenvalue weighted by atomic mass is 10.0. The molecule has 0 bridgehead atoms. The molecule has 2 aromatic rings. The molecule has 1 N–H and O–H groups in total. The van der Waals surface area contributed by atoms with Gasteiger partial charge in [0.2, 0.25) is 0 Å². The van der Waals surface area contributed by atoms with Crippen molar-refractivity contribution in [1.29, 1.82) is 0 Å². The molecule has 0 aliphatic carbocycles. The Hall–Kier alpha value is -1.61.